The van der Waals surface area contributed by atoms with Gasteiger partial charge in [0.25, 0.3) is 0 Å². The molecule has 0 bridgehead atoms. The number of hydrogen-bond acceptors (Lipinski definition) is 9. The molecule has 0 fully saturated rings. The fourth-order valence-corrected chi connectivity index (χ4v) is 3.98. The van der Waals surface area contributed by atoms with E-state index in [1.165, 1.54) is 49.5 Å². The zero-order chi connectivity index (χ0) is 20.1. The fourth-order valence-electron chi connectivity index (χ4n) is 2.24. The van der Waals surface area contributed by atoms with Crippen molar-refractivity contribution in [2.45, 2.75) is 17.0 Å². The van der Waals surface area contributed by atoms with E-state index in [0.29, 0.717) is 17.3 Å². The van der Waals surface area contributed by atoms with E-state index < -0.39 is 11.4 Å². The van der Waals surface area contributed by atoms with E-state index in [2.05, 4.69) is 4.98 Å². The maximum atomic E-state index is 12.4. The highest BCUT2D eigenvalue weighted by Gasteiger charge is 2.18. The lowest BCUT2D eigenvalue weighted by Gasteiger charge is -2.09. The Bertz CT molecular complexity index is 1040. The summed E-state index contributed by atoms with van der Waals surface area (Å²) in [6.07, 6.45) is 1.14. The smallest absolute Gasteiger partial charge is 0.347 e. The molecule has 3 rings (SSSR count). The maximum Gasteiger partial charge on any atom is 0.347 e. The number of esters is 1. The molecule has 0 saturated heterocycles. The van der Waals surface area contributed by atoms with Gasteiger partial charge in [-0.25, -0.2) is 9.78 Å². The first-order valence-electron chi connectivity index (χ1n) is 8.11. The first-order chi connectivity index (χ1) is 13.5. The molecule has 0 aliphatic carbocycles. The minimum atomic E-state index is -0.729. The van der Waals surface area contributed by atoms with Crippen LogP contribution in [0, 0.1) is 6.92 Å². The first-order valence-corrected chi connectivity index (χ1v) is 9.97. The number of aryl methyl sites for hydroxylation is 1. The third-order valence-electron chi connectivity index (χ3n) is 3.62. The molecule has 0 saturated carbocycles. The van der Waals surface area contributed by atoms with Crippen LogP contribution in [0.25, 0.3) is 0 Å². The van der Waals surface area contributed by atoms with Crippen molar-refractivity contribution in [1.29, 1.82) is 0 Å². The van der Waals surface area contributed by atoms with Gasteiger partial charge in [-0.2, -0.15) is 0 Å². The Morgan fingerprint density at radius 3 is 2.68 bits per heavy atom. The molecular formula is C19H17NO6S2. The molecule has 0 N–H and O–H groups in total. The zero-order valence-corrected chi connectivity index (χ0v) is 17.0. The van der Waals surface area contributed by atoms with E-state index in [-0.39, 0.29) is 17.1 Å². The topological polar surface area (TPSA) is 87.9 Å². The van der Waals surface area contributed by atoms with Gasteiger partial charge in [0.05, 0.1) is 20.0 Å². The van der Waals surface area contributed by atoms with Crippen molar-refractivity contribution in [2.24, 2.45) is 0 Å². The van der Waals surface area contributed by atoms with Gasteiger partial charge in [0.1, 0.15) is 29.1 Å². The van der Waals surface area contributed by atoms with Gasteiger partial charge in [-0.05, 0) is 19.1 Å². The Hall–Kier alpha value is -2.78. The quantitative estimate of drug-likeness (QED) is 0.420. The number of benzene rings is 1. The number of rotatable bonds is 7. The molecule has 0 amide bonds. The second-order valence-corrected chi connectivity index (χ2v) is 7.65. The third kappa shape index (κ3) is 4.73. The molecule has 1 aromatic carbocycles. The lowest BCUT2D eigenvalue weighted by molar-refractivity contribution is 0.0725. The molecular weight excluding hydrogens is 402 g/mol. The van der Waals surface area contributed by atoms with Gasteiger partial charge in [0.15, 0.2) is 4.34 Å². The number of aromatic nitrogens is 1. The highest BCUT2D eigenvalue weighted by Crippen LogP contribution is 2.27. The van der Waals surface area contributed by atoms with Crippen LogP contribution in [-0.4, -0.2) is 25.2 Å². The molecule has 28 heavy (non-hydrogen) atoms. The van der Waals surface area contributed by atoms with Gasteiger partial charge in [0, 0.05) is 23.2 Å². The molecule has 0 unspecified atom stereocenters. The van der Waals surface area contributed by atoms with E-state index in [0.717, 1.165) is 16.3 Å². The van der Waals surface area contributed by atoms with Gasteiger partial charge >= 0.3 is 5.97 Å². The Balaban J connectivity index is 1.70. The van der Waals surface area contributed by atoms with Gasteiger partial charge in [-0.3, -0.25) is 4.79 Å². The number of methoxy groups -OCH3 is 2. The molecule has 0 aliphatic rings. The second kappa shape index (κ2) is 8.94. The summed E-state index contributed by atoms with van der Waals surface area (Å²) in [5.41, 5.74) is 0.671. The molecule has 0 radical (unpaired) electrons. The average Bonchev–Trinajstić information content (AvgIpc) is 3.12. The summed E-state index contributed by atoms with van der Waals surface area (Å²) in [6.45, 7) is 1.92. The molecule has 0 spiro atoms. The number of nitrogens with zero attached hydrogens (tertiary/aromatic N) is 1. The molecule has 2 heterocycles. The van der Waals surface area contributed by atoms with Gasteiger partial charge < -0.3 is 18.6 Å². The minimum Gasteiger partial charge on any atom is -0.497 e. The summed E-state index contributed by atoms with van der Waals surface area (Å²) in [6, 6.07) is 5.96. The molecule has 9 heteroatoms. The van der Waals surface area contributed by atoms with E-state index in [1.807, 2.05) is 12.3 Å². The van der Waals surface area contributed by atoms with Crippen molar-refractivity contribution in [3.8, 4) is 17.2 Å². The Kier molecular flexibility index (Phi) is 6.37. The van der Waals surface area contributed by atoms with E-state index >= 15 is 0 Å². The van der Waals surface area contributed by atoms with Crippen LogP contribution in [0.4, 0.5) is 0 Å². The standard InChI is InChI=1S/C19H17NO6S2/c1-11-9-27-19(20-11)28-10-13-6-15(21)17(8-25-13)26-18(22)14-5-4-12(23-2)7-16(14)24-3/h4-9H,10H2,1-3H3. The van der Waals surface area contributed by atoms with Crippen molar-refractivity contribution >= 4 is 29.1 Å². The lowest BCUT2D eigenvalue weighted by atomic mass is 10.2. The number of thiazole rings is 1. The van der Waals surface area contributed by atoms with Crippen LogP contribution in [0.1, 0.15) is 21.8 Å². The maximum absolute atomic E-state index is 12.4. The van der Waals surface area contributed by atoms with Crippen LogP contribution in [0.2, 0.25) is 0 Å². The summed E-state index contributed by atoms with van der Waals surface area (Å²) in [4.78, 5) is 29.0. The highest BCUT2D eigenvalue weighted by molar-refractivity contribution is 8.00. The minimum absolute atomic E-state index is 0.168. The first kappa shape index (κ1) is 20.0. The monoisotopic (exact) mass is 419 g/mol. The Morgan fingerprint density at radius 2 is 2.04 bits per heavy atom. The normalized spacial score (nSPS) is 10.5. The zero-order valence-electron chi connectivity index (χ0n) is 15.4. The predicted molar refractivity (Wildman–Crippen MR) is 106 cm³/mol. The molecule has 0 atom stereocenters. The molecule has 0 aliphatic heterocycles. The van der Waals surface area contributed by atoms with Crippen LogP contribution in [0.3, 0.4) is 0 Å². The summed E-state index contributed by atoms with van der Waals surface area (Å²) < 4.78 is 21.8. The van der Waals surface area contributed by atoms with Crippen LogP contribution >= 0.6 is 23.1 Å². The van der Waals surface area contributed by atoms with Gasteiger partial charge in [-0.15, -0.1) is 11.3 Å². The van der Waals surface area contributed by atoms with E-state index in [1.54, 1.807) is 12.1 Å². The third-order valence-corrected chi connectivity index (χ3v) is 5.78. The van der Waals surface area contributed by atoms with E-state index in [4.69, 9.17) is 18.6 Å². The van der Waals surface area contributed by atoms with Crippen molar-refractivity contribution in [1.82, 2.24) is 4.98 Å². The highest BCUT2D eigenvalue weighted by atomic mass is 32.2. The van der Waals surface area contributed by atoms with Crippen LogP contribution in [-0.2, 0) is 5.75 Å². The van der Waals surface area contributed by atoms with Crippen molar-refractivity contribution in [3.63, 3.8) is 0 Å². The molecule has 3 aromatic rings. The number of ether oxygens (including phenoxy) is 3. The number of carbonyl (C=O) groups is 1. The Labute approximate surface area is 169 Å². The number of carbonyl (C=O) groups excluding carboxylic acids is 1. The summed E-state index contributed by atoms with van der Waals surface area (Å²) in [7, 11) is 2.93. The largest absolute Gasteiger partial charge is 0.497 e. The van der Waals surface area contributed by atoms with Crippen molar-refractivity contribution < 1.29 is 23.4 Å². The lowest BCUT2D eigenvalue weighted by Crippen LogP contribution is -2.15. The van der Waals surface area contributed by atoms with Gasteiger partial charge in [0.2, 0.25) is 11.2 Å². The average molecular weight is 419 g/mol. The van der Waals surface area contributed by atoms with Crippen molar-refractivity contribution in [3.05, 3.63) is 63.1 Å². The Morgan fingerprint density at radius 1 is 1.21 bits per heavy atom. The number of thioether (sulfide) groups is 1. The molecule has 146 valence electrons. The van der Waals surface area contributed by atoms with Crippen LogP contribution < -0.4 is 19.6 Å². The molecule has 7 nitrogen and oxygen atoms in total. The summed E-state index contributed by atoms with van der Waals surface area (Å²) >= 11 is 3.00. The fraction of sp³-hybridized carbons (Fsp3) is 0.211. The summed E-state index contributed by atoms with van der Waals surface area (Å²) in [5.74, 6) is 0.798. The predicted octanol–water partition coefficient (Wildman–Crippen LogP) is 3.93. The molecule has 2 aromatic heterocycles. The summed E-state index contributed by atoms with van der Waals surface area (Å²) in [5, 5.41) is 1.95. The van der Waals surface area contributed by atoms with E-state index in [9.17, 15) is 9.59 Å². The SMILES string of the molecule is COc1ccc(C(=O)Oc2coc(CSc3nc(C)cs3)cc2=O)c(OC)c1. The van der Waals surface area contributed by atoms with Crippen LogP contribution in [0.5, 0.6) is 17.2 Å². The van der Waals surface area contributed by atoms with Crippen LogP contribution in [0.15, 0.2) is 49.5 Å². The number of hydrogen-bond donors (Lipinski definition) is 0. The van der Waals surface area contributed by atoms with Gasteiger partial charge in [-0.1, -0.05) is 11.8 Å². The second-order valence-electron chi connectivity index (χ2n) is 5.57. The van der Waals surface area contributed by atoms with Crippen molar-refractivity contribution in [2.75, 3.05) is 14.2 Å².